The molecular formula is C15H21F3IN3O2S. The van der Waals surface area contributed by atoms with Gasteiger partial charge in [-0.3, -0.25) is 0 Å². The molecule has 1 aromatic carbocycles. The van der Waals surface area contributed by atoms with Gasteiger partial charge in [0.2, 0.25) is 0 Å². The number of hydrogen-bond donors (Lipinski definition) is 2. The van der Waals surface area contributed by atoms with Gasteiger partial charge in [0.25, 0.3) is 0 Å². The highest BCUT2D eigenvalue weighted by molar-refractivity contribution is 14.0. The fraction of sp³-hybridized carbons (Fsp3) is 0.533. The molecule has 0 spiro atoms. The van der Waals surface area contributed by atoms with E-state index in [1.807, 2.05) is 6.92 Å². The van der Waals surface area contributed by atoms with Crippen LogP contribution in [0.15, 0.2) is 29.3 Å². The third-order valence-electron chi connectivity index (χ3n) is 3.62. The van der Waals surface area contributed by atoms with E-state index in [-0.39, 0.29) is 48.1 Å². The lowest BCUT2D eigenvalue weighted by Crippen LogP contribution is -2.44. The van der Waals surface area contributed by atoms with Crippen LogP contribution < -0.4 is 10.6 Å². The van der Waals surface area contributed by atoms with Crippen molar-refractivity contribution in [2.75, 3.05) is 18.1 Å². The van der Waals surface area contributed by atoms with Crippen molar-refractivity contribution in [1.82, 2.24) is 10.6 Å². The summed E-state index contributed by atoms with van der Waals surface area (Å²) in [6, 6.07) is 4.62. The quantitative estimate of drug-likeness (QED) is 0.386. The molecule has 142 valence electrons. The van der Waals surface area contributed by atoms with E-state index in [9.17, 15) is 21.6 Å². The van der Waals surface area contributed by atoms with Crippen molar-refractivity contribution in [3.8, 4) is 0 Å². The predicted molar refractivity (Wildman–Crippen MR) is 102 cm³/mol. The summed E-state index contributed by atoms with van der Waals surface area (Å²) in [5.41, 5.74) is -0.0596. The first-order valence-electron chi connectivity index (χ1n) is 7.61. The number of hydrogen-bond acceptors (Lipinski definition) is 3. The molecule has 0 aliphatic carbocycles. The Morgan fingerprint density at radius 1 is 1.28 bits per heavy atom. The molecular weight excluding hydrogens is 470 g/mol. The molecule has 1 aliphatic heterocycles. The van der Waals surface area contributed by atoms with E-state index < -0.39 is 21.6 Å². The molecule has 0 radical (unpaired) electrons. The lowest BCUT2D eigenvalue weighted by molar-refractivity contribution is -0.137. The zero-order valence-corrected chi connectivity index (χ0v) is 16.8. The van der Waals surface area contributed by atoms with Gasteiger partial charge in [-0.2, -0.15) is 13.2 Å². The Bertz CT molecular complexity index is 691. The zero-order chi connectivity index (χ0) is 17.8. The van der Waals surface area contributed by atoms with Crippen molar-refractivity contribution in [2.24, 2.45) is 4.99 Å². The molecule has 25 heavy (non-hydrogen) atoms. The van der Waals surface area contributed by atoms with Gasteiger partial charge in [0.1, 0.15) is 0 Å². The molecule has 2 rings (SSSR count). The van der Waals surface area contributed by atoms with Crippen molar-refractivity contribution in [1.29, 1.82) is 0 Å². The summed E-state index contributed by atoms with van der Waals surface area (Å²) in [4.78, 5) is 4.31. The van der Waals surface area contributed by atoms with Gasteiger partial charge in [0.15, 0.2) is 15.8 Å². The number of nitrogens with zero attached hydrogens (tertiary/aromatic N) is 1. The smallest absolute Gasteiger partial charge is 0.357 e. The van der Waals surface area contributed by atoms with E-state index in [2.05, 4.69) is 15.6 Å². The summed E-state index contributed by atoms with van der Waals surface area (Å²) in [6.07, 6.45) is -3.83. The maximum atomic E-state index is 12.5. The summed E-state index contributed by atoms with van der Waals surface area (Å²) in [5.74, 6) is 0.681. The number of guanidine groups is 1. The molecule has 2 N–H and O–H groups in total. The number of benzene rings is 1. The molecule has 10 heteroatoms. The predicted octanol–water partition coefficient (Wildman–Crippen LogP) is 2.57. The second kappa shape index (κ2) is 9.06. The fourth-order valence-electron chi connectivity index (χ4n) is 2.39. The Balaban J connectivity index is 0.00000312. The molecule has 1 atom stereocenters. The van der Waals surface area contributed by atoms with Crippen LogP contribution in [0.1, 0.15) is 24.5 Å². The van der Waals surface area contributed by atoms with Gasteiger partial charge >= 0.3 is 6.18 Å². The van der Waals surface area contributed by atoms with Gasteiger partial charge in [-0.1, -0.05) is 12.1 Å². The lowest BCUT2D eigenvalue weighted by atomic mass is 10.1. The van der Waals surface area contributed by atoms with E-state index in [1.54, 1.807) is 0 Å². The summed E-state index contributed by atoms with van der Waals surface area (Å²) >= 11 is 0. The van der Waals surface area contributed by atoms with Crippen LogP contribution in [0.25, 0.3) is 0 Å². The Morgan fingerprint density at radius 2 is 1.92 bits per heavy atom. The number of halogens is 4. The first kappa shape index (κ1) is 22.0. The van der Waals surface area contributed by atoms with Gasteiger partial charge in [-0.05, 0) is 31.0 Å². The number of alkyl halides is 3. The van der Waals surface area contributed by atoms with Crippen LogP contribution in [0.4, 0.5) is 13.2 Å². The third kappa shape index (κ3) is 7.00. The summed E-state index contributed by atoms with van der Waals surface area (Å²) < 4.78 is 60.5. The molecule has 0 bridgehead atoms. The van der Waals surface area contributed by atoms with E-state index in [0.717, 1.165) is 12.1 Å². The topological polar surface area (TPSA) is 70.6 Å². The maximum Gasteiger partial charge on any atom is 0.416 e. The fourth-order valence-corrected chi connectivity index (χ4v) is 4.07. The summed E-state index contributed by atoms with van der Waals surface area (Å²) in [6.45, 7) is 2.67. The second-order valence-electron chi connectivity index (χ2n) is 5.63. The third-order valence-corrected chi connectivity index (χ3v) is 5.39. The SMILES string of the molecule is CCNC(=NCc1ccc(C(F)(F)F)cc1)NC1CCS(=O)(=O)C1.I. The van der Waals surface area contributed by atoms with Gasteiger partial charge in [-0.25, -0.2) is 13.4 Å². The second-order valence-corrected chi connectivity index (χ2v) is 7.86. The zero-order valence-electron chi connectivity index (χ0n) is 13.6. The monoisotopic (exact) mass is 491 g/mol. The standard InChI is InChI=1S/C15H20F3N3O2S.HI/c1-2-19-14(21-13-7-8-24(22,23)10-13)20-9-11-3-5-12(6-4-11)15(16,17)18;/h3-6,13H,2,7-10H2,1H3,(H2,19,20,21);1H. The molecule has 1 aromatic rings. The van der Waals surface area contributed by atoms with Crippen LogP contribution in [-0.4, -0.2) is 38.5 Å². The first-order chi connectivity index (χ1) is 11.2. The molecule has 1 heterocycles. The van der Waals surface area contributed by atoms with Gasteiger partial charge in [0, 0.05) is 12.6 Å². The minimum Gasteiger partial charge on any atom is -0.357 e. The van der Waals surface area contributed by atoms with Crippen LogP contribution in [-0.2, 0) is 22.6 Å². The number of rotatable bonds is 4. The minimum atomic E-state index is -4.35. The van der Waals surface area contributed by atoms with Gasteiger partial charge in [0.05, 0.1) is 23.6 Å². The Labute approximate surface area is 162 Å². The van der Waals surface area contributed by atoms with E-state index in [0.29, 0.717) is 24.5 Å². The van der Waals surface area contributed by atoms with Crippen molar-refractivity contribution in [3.05, 3.63) is 35.4 Å². The molecule has 1 aliphatic rings. The molecule has 1 fully saturated rings. The Hall–Kier alpha value is -1.04. The van der Waals surface area contributed by atoms with Crippen LogP contribution in [0.3, 0.4) is 0 Å². The van der Waals surface area contributed by atoms with E-state index in [4.69, 9.17) is 0 Å². The number of sulfone groups is 1. The molecule has 5 nitrogen and oxygen atoms in total. The average Bonchev–Trinajstić information content (AvgIpc) is 2.83. The van der Waals surface area contributed by atoms with E-state index in [1.165, 1.54) is 12.1 Å². The van der Waals surface area contributed by atoms with Crippen molar-refractivity contribution in [2.45, 2.75) is 32.1 Å². The van der Waals surface area contributed by atoms with Crippen LogP contribution in [0.5, 0.6) is 0 Å². The van der Waals surface area contributed by atoms with Crippen molar-refractivity contribution >= 4 is 39.8 Å². The Kier molecular flexibility index (Phi) is 7.97. The summed E-state index contributed by atoms with van der Waals surface area (Å²) in [7, 11) is -2.99. The van der Waals surface area contributed by atoms with Crippen LogP contribution >= 0.6 is 24.0 Å². The summed E-state index contributed by atoms with van der Waals surface area (Å²) in [5, 5.41) is 6.06. The molecule has 0 saturated carbocycles. The maximum absolute atomic E-state index is 12.5. The number of nitrogens with one attached hydrogen (secondary N) is 2. The highest BCUT2D eigenvalue weighted by Crippen LogP contribution is 2.29. The highest BCUT2D eigenvalue weighted by Gasteiger charge is 2.30. The van der Waals surface area contributed by atoms with Gasteiger partial charge in [-0.15, -0.1) is 24.0 Å². The number of aliphatic imine (C=N–C) groups is 1. The van der Waals surface area contributed by atoms with Crippen molar-refractivity contribution < 1.29 is 21.6 Å². The van der Waals surface area contributed by atoms with Crippen molar-refractivity contribution in [3.63, 3.8) is 0 Å². The van der Waals surface area contributed by atoms with Crippen LogP contribution in [0.2, 0.25) is 0 Å². The first-order valence-corrected chi connectivity index (χ1v) is 9.43. The average molecular weight is 491 g/mol. The van der Waals surface area contributed by atoms with Gasteiger partial charge < -0.3 is 10.6 Å². The van der Waals surface area contributed by atoms with Crippen LogP contribution in [0, 0.1) is 0 Å². The highest BCUT2D eigenvalue weighted by atomic mass is 127. The molecule has 1 unspecified atom stereocenters. The minimum absolute atomic E-state index is 0. The molecule has 0 amide bonds. The molecule has 1 saturated heterocycles. The Morgan fingerprint density at radius 3 is 2.40 bits per heavy atom. The lowest BCUT2D eigenvalue weighted by Gasteiger charge is -2.15. The normalized spacial score (nSPS) is 20.0. The largest absolute Gasteiger partial charge is 0.416 e. The molecule has 0 aromatic heterocycles. The van der Waals surface area contributed by atoms with E-state index >= 15 is 0 Å².